The first kappa shape index (κ1) is 9.45. The van der Waals surface area contributed by atoms with E-state index in [0.717, 1.165) is 20.0 Å². The maximum absolute atomic E-state index is 13.0. The van der Waals surface area contributed by atoms with Gasteiger partial charge in [-0.25, -0.2) is 4.39 Å². The van der Waals surface area contributed by atoms with Crippen LogP contribution < -0.4 is 0 Å². The molecule has 0 amide bonds. The van der Waals surface area contributed by atoms with Gasteiger partial charge in [-0.3, -0.25) is 0 Å². The molecule has 1 fully saturated rings. The molecule has 0 aromatic carbocycles. The molecule has 1 aliphatic rings. The quantitative estimate of drug-likeness (QED) is 0.557. The predicted octanol–water partition coefficient (Wildman–Crippen LogP) is 1.36. The SMILES string of the molecule is C/C(F)=C(\F)N1CCN(C)CC1. The van der Waals surface area contributed by atoms with Crippen molar-refractivity contribution in [3.63, 3.8) is 0 Å². The Morgan fingerprint density at radius 2 is 1.58 bits per heavy atom. The minimum atomic E-state index is -0.723. The van der Waals surface area contributed by atoms with E-state index in [2.05, 4.69) is 4.90 Å². The van der Waals surface area contributed by atoms with Gasteiger partial charge >= 0.3 is 0 Å². The molecule has 0 aliphatic carbocycles. The summed E-state index contributed by atoms with van der Waals surface area (Å²) in [6.07, 6.45) is 0. The summed E-state index contributed by atoms with van der Waals surface area (Å²) in [7, 11) is 1.97. The number of hydrogen-bond donors (Lipinski definition) is 0. The van der Waals surface area contributed by atoms with Crippen LogP contribution in [0.25, 0.3) is 0 Å². The van der Waals surface area contributed by atoms with Crippen molar-refractivity contribution in [2.45, 2.75) is 6.92 Å². The first-order chi connectivity index (χ1) is 5.61. The Morgan fingerprint density at radius 3 is 2.00 bits per heavy atom. The lowest BCUT2D eigenvalue weighted by molar-refractivity contribution is 0.152. The van der Waals surface area contributed by atoms with E-state index < -0.39 is 11.8 Å². The lowest BCUT2D eigenvalue weighted by Crippen LogP contribution is -2.43. The first-order valence-corrected chi connectivity index (χ1v) is 4.06. The molecular weight excluding hydrogens is 162 g/mol. The molecule has 1 saturated heterocycles. The molecule has 0 spiro atoms. The van der Waals surface area contributed by atoms with Crippen LogP contribution >= 0.6 is 0 Å². The van der Waals surface area contributed by atoms with Crippen LogP contribution in [0.1, 0.15) is 6.92 Å². The number of nitrogens with zero attached hydrogens (tertiary/aromatic N) is 2. The Hall–Kier alpha value is -0.640. The van der Waals surface area contributed by atoms with Crippen molar-refractivity contribution in [2.24, 2.45) is 0 Å². The van der Waals surface area contributed by atoms with Gasteiger partial charge < -0.3 is 9.80 Å². The van der Waals surface area contributed by atoms with E-state index in [1.807, 2.05) is 7.05 Å². The third-order valence-electron chi connectivity index (χ3n) is 2.07. The standard InChI is InChI=1S/C8H14F2N2/c1-7(9)8(10)12-5-3-11(2)4-6-12/h3-6H2,1-2H3/b8-7-. The van der Waals surface area contributed by atoms with Crippen molar-refractivity contribution in [3.05, 3.63) is 11.8 Å². The van der Waals surface area contributed by atoms with Gasteiger partial charge in [0.15, 0.2) is 0 Å². The number of allylic oxidation sites excluding steroid dienone is 1. The summed E-state index contributed by atoms with van der Waals surface area (Å²) in [6.45, 7) is 3.88. The summed E-state index contributed by atoms with van der Waals surface area (Å²) in [5, 5.41) is 0. The van der Waals surface area contributed by atoms with E-state index in [0.29, 0.717) is 13.1 Å². The highest BCUT2D eigenvalue weighted by molar-refractivity contribution is 4.97. The van der Waals surface area contributed by atoms with Gasteiger partial charge in [0.2, 0.25) is 5.95 Å². The van der Waals surface area contributed by atoms with Crippen molar-refractivity contribution in [2.75, 3.05) is 33.2 Å². The monoisotopic (exact) mass is 176 g/mol. The molecule has 1 rings (SSSR count). The number of halogens is 2. The van der Waals surface area contributed by atoms with Gasteiger partial charge in [-0.2, -0.15) is 4.39 Å². The van der Waals surface area contributed by atoms with Gasteiger partial charge in [-0.1, -0.05) is 0 Å². The molecule has 0 atom stereocenters. The summed E-state index contributed by atoms with van der Waals surface area (Å²) in [5.41, 5.74) is 0. The maximum atomic E-state index is 13.0. The molecule has 4 heteroatoms. The summed E-state index contributed by atoms with van der Waals surface area (Å²) < 4.78 is 25.4. The summed E-state index contributed by atoms with van der Waals surface area (Å²) in [5.74, 6) is -1.43. The second kappa shape index (κ2) is 3.85. The molecule has 12 heavy (non-hydrogen) atoms. The van der Waals surface area contributed by atoms with Crippen molar-refractivity contribution in [1.82, 2.24) is 9.80 Å². The average molecular weight is 176 g/mol. The lowest BCUT2D eigenvalue weighted by atomic mass is 10.3. The average Bonchev–Trinajstić information content (AvgIpc) is 2.04. The van der Waals surface area contributed by atoms with Gasteiger partial charge in [-0.05, 0) is 14.0 Å². The fourth-order valence-electron chi connectivity index (χ4n) is 1.22. The van der Waals surface area contributed by atoms with Gasteiger partial charge in [0.25, 0.3) is 0 Å². The summed E-state index contributed by atoms with van der Waals surface area (Å²) in [4.78, 5) is 3.53. The molecule has 0 unspecified atom stereocenters. The minimum absolute atomic E-state index is 0.573. The van der Waals surface area contributed by atoms with Gasteiger partial charge in [-0.15, -0.1) is 0 Å². The predicted molar refractivity (Wildman–Crippen MR) is 44.0 cm³/mol. The van der Waals surface area contributed by atoms with Gasteiger partial charge in [0, 0.05) is 26.2 Å². The van der Waals surface area contributed by atoms with Crippen LogP contribution in [-0.4, -0.2) is 43.0 Å². The second-order valence-electron chi connectivity index (χ2n) is 3.11. The zero-order valence-electron chi connectivity index (χ0n) is 7.48. The molecule has 0 radical (unpaired) electrons. The van der Waals surface area contributed by atoms with E-state index in [-0.39, 0.29) is 0 Å². The summed E-state index contributed by atoms with van der Waals surface area (Å²) >= 11 is 0. The topological polar surface area (TPSA) is 6.48 Å². The molecule has 0 aromatic rings. The molecular formula is C8H14F2N2. The highest BCUT2D eigenvalue weighted by atomic mass is 19.2. The molecule has 0 aromatic heterocycles. The van der Waals surface area contributed by atoms with Crippen LogP contribution in [0.4, 0.5) is 8.78 Å². The van der Waals surface area contributed by atoms with E-state index in [9.17, 15) is 8.78 Å². The van der Waals surface area contributed by atoms with Crippen molar-refractivity contribution in [1.29, 1.82) is 0 Å². The van der Waals surface area contributed by atoms with Gasteiger partial charge in [0.05, 0.1) is 0 Å². The zero-order valence-corrected chi connectivity index (χ0v) is 7.48. The van der Waals surface area contributed by atoms with E-state index >= 15 is 0 Å². The number of hydrogen-bond acceptors (Lipinski definition) is 2. The molecule has 0 saturated carbocycles. The van der Waals surface area contributed by atoms with Crippen LogP contribution in [0.5, 0.6) is 0 Å². The Morgan fingerprint density at radius 1 is 1.08 bits per heavy atom. The second-order valence-corrected chi connectivity index (χ2v) is 3.11. The molecule has 0 N–H and O–H groups in total. The maximum Gasteiger partial charge on any atom is 0.221 e. The zero-order chi connectivity index (χ0) is 9.14. The molecule has 0 bridgehead atoms. The van der Waals surface area contributed by atoms with Crippen molar-refractivity contribution < 1.29 is 8.78 Å². The number of piperazine rings is 1. The van der Waals surface area contributed by atoms with E-state index in [1.165, 1.54) is 4.90 Å². The molecule has 1 aliphatic heterocycles. The Bertz CT molecular complexity index is 179. The van der Waals surface area contributed by atoms with Crippen LogP contribution in [0.2, 0.25) is 0 Å². The molecule has 2 nitrogen and oxygen atoms in total. The normalized spacial score (nSPS) is 22.5. The minimum Gasteiger partial charge on any atom is -0.344 e. The fourth-order valence-corrected chi connectivity index (χ4v) is 1.22. The van der Waals surface area contributed by atoms with Crippen LogP contribution in [-0.2, 0) is 0 Å². The number of likely N-dealkylation sites (N-methyl/N-ethyl adjacent to an activating group) is 1. The third-order valence-corrected chi connectivity index (χ3v) is 2.07. The van der Waals surface area contributed by atoms with E-state index in [4.69, 9.17) is 0 Å². The molecule has 1 heterocycles. The smallest absolute Gasteiger partial charge is 0.221 e. The Labute approximate surface area is 71.4 Å². The van der Waals surface area contributed by atoms with Crippen molar-refractivity contribution in [3.8, 4) is 0 Å². The largest absolute Gasteiger partial charge is 0.344 e. The highest BCUT2D eigenvalue weighted by Gasteiger charge is 2.17. The Balaban J connectivity index is 2.50. The van der Waals surface area contributed by atoms with E-state index in [1.54, 1.807) is 0 Å². The Kier molecular flexibility index (Phi) is 3.03. The van der Waals surface area contributed by atoms with Crippen LogP contribution in [0.15, 0.2) is 11.8 Å². The first-order valence-electron chi connectivity index (χ1n) is 4.06. The van der Waals surface area contributed by atoms with Crippen LogP contribution in [0.3, 0.4) is 0 Å². The van der Waals surface area contributed by atoms with Gasteiger partial charge in [0.1, 0.15) is 5.83 Å². The highest BCUT2D eigenvalue weighted by Crippen LogP contribution is 2.14. The fraction of sp³-hybridized carbons (Fsp3) is 0.750. The van der Waals surface area contributed by atoms with Crippen molar-refractivity contribution >= 4 is 0 Å². The summed E-state index contributed by atoms with van der Waals surface area (Å²) in [6, 6.07) is 0. The third kappa shape index (κ3) is 2.17. The van der Waals surface area contributed by atoms with Crippen LogP contribution in [0, 0.1) is 0 Å². The lowest BCUT2D eigenvalue weighted by Gasteiger charge is -2.32. The number of rotatable bonds is 1. The molecule has 70 valence electrons.